The van der Waals surface area contributed by atoms with Gasteiger partial charge in [0.05, 0.1) is 18.5 Å². The third kappa shape index (κ3) is 4.14. The molecule has 1 fully saturated rings. The van der Waals surface area contributed by atoms with E-state index in [0.29, 0.717) is 18.8 Å². The van der Waals surface area contributed by atoms with Gasteiger partial charge in [-0.15, -0.1) is 11.3 Å². The second-order valence-electron chi connectivity index (χ2n) is 6.77. The number of rotatable bonds is 4. The first-order valence-electron chi connectivity index (χ1n) is 9.34. The fraction of sp³-hybridized carbons (Fsp3) is 0.300. The van der Waals surface area contributed by atoms with E-state index < -0.39 is 0 Å². The molecule has 29 heavy (non-hydrogen) atoms. The summed E-state index contributed by atoms with van der Waals surface area (Å²) >= 11 is 1.53. The van der Waals surface area contributed by atoms with Crippen LogP contribution in [-0.2, 0) is 4.74 Å². The average Bonchev–Trinajstić information content (AvgIpc) is 3.46. The van der Waals surface area contributed by atoms with E-state index in [9.17, 15) is 9.59 Å². The Morgan fingerprint density at radius 3 is 3.00 bits per heavy atom. The summed E-state index contributed by atoms with van der Waals surface area (Å²) in [6, 6.07) is 7.56. The Morgan fingerprint density at radius 2 is 2.21 bits per heavy atom. The van der Waals surface area contributed by atoms with Crippen LogP contribution in [0.15, 0.2) is 42.0 Å². The molecule has 2 N–H and O–H groups in total. The quantitative estimate of drug-likeness (QED) is 0.681. The minimum atomic E-state index is -0.305. The number of anilines is 1. The highest BCUT2D eigenvalue weighted by molar-refractivity contribution is 7.13. The van der Waals surface area contributed by atoms with E-state index in [1.165, 1.54) is 24.6 Å². The van der Waals surface area contributed by atoms with Crippen LogP contribution < -0.4 is 5.32 Å². The first kappa shape index (κ1) is 19.1. The van der Waals surface area contributed by atoms with Crippen LogP contribution in [-0.4, -0.2) is 52.1 Å². The molecule has 0 radical (unpaired) electrons. The summed E-state index contributed by atoms with van der Waals surface area (Å²) in [4.78, 5) is 37.6. The van der Waals surface area contributed by atoms with Gasteiger partial charge in [-0.3, -0.25) is 4.79 Å². The van der Waals surface area contributed by atoms with E-state index in [1.54, 1.807) is 11.1 Å². The number of methoxy groups -OCH3 is 1. The highest BCUT2D eigenvalue weighted by Crippen LogP contribution is 2.34. The molecule has 8 nitrogen and oxygen atoms in total. The van der Waals surface area contributed by atoms with Gasteiger partial charge in [0, 0.05) is 42.3 Å². The van der Waals surface area contributed by atoms with Crippen molar-refractivity contribution in [1.82, 2.24) is 19.9 Å². The van der Waals surface area contributed by atoms with Crippen LogP contribution in [0.25, 0.3) is 10.6 Å². The number of nitrogens with zero attached hydrogens (tertiary/aromatic N) is 3. The van der Waals surface area contributed by atoms with Gasteiger partial charge < -0.3 is 19.9 Å². The van der Waals surface area contributed by atoms with Gasteiger partial charge in [0.2, 0.25) is 0 Å². The van der Waals surface area contributed by atoms with E-state index in [2.05, 4.69) is 15.3 Å². The lowest BCUT2D eigenvalue weighted by Crippen LogP contribution is -2.39. The molecule has 1 aliphatic heterocycles. The number of benzene rings is 1. The van der Waals surface area contributed by atoms with Gasteiger partial charge in [0.15, 0.2) is 5.82 Å². The number of aromatic nitrogens is 3. The Hall–Kier alpha value is -3.20. The molecule has 2 amide bonds. The number of piperidine rings is 1. The molecule has 1 aromatic carbocycles. The summed E-state index contributed by atoms with van der Waals surface area (Å²) in [6.07, 6.45) is 4.75. The summed E-state index contributed by atoms with van der Waals surface area (Å²) in [5, 5.41) is 5.75. The van der Waals surface area contributed by atoms with Crippen LogP contribution >= 0.6 is 11.3 Å². The predicted octanol–water partition coefficient (Wildman–Crippen LogP) is 3.73. The topological polar surface area (TPSA) is 100 Å². The number of amides is 2. The third-order valence-electron chi connectivity index (χ3n) is 4.91. The molecule has 0 unspecified atom stereocenters. The molecular weight excluding hydrogens is 390 g/mol. The van der Waals surface area contributed by atoms with Crippen molar-refractivity contribution in [3.8, 4) is 10.6 Å². The van der Waals surface area contributed by atoms with Gasteiger partial charge in [-0.1, -0.05) is 12.1 Å². The maximum atomic E-state index is 12.4. The lowest BCUT2D eigenvalue weighted by Gasteiger charge is -2.30. The third-order valence-corrected chi connectivity index (χ3v) is 5.81. The van der Waals surface area contributed by atoms with Gasteiger partial charge in [-0.05, 0) is 25.0 Å². The fourth-order valence-electron chi connectivity index (χ4n) is 3.46. The minimum absolute atomic E-state index is 0.178. The first-order valence-corrected chi connectivity index (χ1v) is 10.2. The number of carbonyl (C=O) groups is 2. The Kier molecular flexibility index (Phi) is 5.57. The van der Waals surface area contributed by atoms with Crippen molar-refractivity contribution in [2.24, 2.45) is 0 Å². The number of hydrogen-bond acceptors (Lipinski definition) is 6. The lowest BCUT2D eigenvalue weighted by molar-refractivity contribution is 0.101. The number of H-pyrrole nitrogens is 1. The van der Waals surface area contributed by atoms with Gasteiger partial charge in [0.25, 0.3) is 5.91 Å². The molecule has 2 aromatic heterocycles. The van der Waals surface area contributed by atoms with Crippen molar-refractivity contribution in [3.63, 3.8) is 0 Å². The monoisotopic (exact) mass is 411 g/mol. The summed E-state index contributed by atoms with van der Waals surface area (Å²) in [6.45, 7) is 1.31. The molecular formula is C20H21N5O3S. The molecule has 150 valence electrons. The zero-order chi connectivity index (χ0) is 20.2. The molecule has 1 saturated heterocycles. The van der Waals surface area contributed by atoms with Crippen molar-refractivity contribution in [2.45, 2.75) is 18.8 Å². The minimum Gasteiger partial charge on any atom is -0.453 e. The van der Waals surface area contributed by atoms with Gasteiger partial charge in [-0.2, -0.15) is 0 Å². The molecule has 1 aliphatic rings. The van der Waals surface area contributed by atoms with Crippen molar-refractivity contribution in [1.29, 1.82) is 0 Å². The maximum Gasteiger partial charge on any atom is 0.409 e. The normalized spacial score (nSPS) is 16.4. The Balaban J connectivity index is 1.54. The summed E-state index contributed by atoms with van der Waals surface area (Å²) in [7, 11) is 1.40. The number of thiazole rings is 1. The fourth-order valence-corrected chi connectivity index (χ4v) is 4.40. The van der Waals surface area contributed by atoms with Crippen molar-refractivity contribution in [2.75, 3.05) is 25.5 Å². The Bertz CT molecular complexity index is 1000. The van der Waals surface area contributed by atoms with Crippen molar-refractivity contribution in [3.05, 3.63) is 53.6 Å². The average molecular weight is 411 g/mol. The molecule has 0 saturated carbocycles. The molecule has 0 bridgehead atoms. The summed E-state index contributed by atoms with van der Waals surface area (Å²) < 4.78 is 4.85. The second kappa shape index (κ2) is 8.44. The number of hydrogen-bond donors (Lipinski definition) is 2. The smallest absolute Gasteiger partial charge is 0.409 e. The summed E-state index contributed by atoms with van der Waals surface area (Å²) in [5.74, 6) is 0.127. The number of nitrogens with one attached hydrogen (secondary N) is 2. The van der Waals surface area contributed by atoms with Gasteiger partial charge in [-0.25, -0.2) is 14.8 Å². The highest BCUT2D eigenvalue weighted by atomic mass is 32.1. The maximum absolute atomic E-state index is 12.4. The molecule has 3 aromatic rings. The van der Waals surface area contributed by atoms with Crippen LogP contribution in [0.4, 0.5) is 10.5 Å². The molecule has 3 heterocycles. The van der Waals surface area contributed by atoms with Crippen LogP contribution in [0.1, 0.15) is 35.1 Å². The Morgan fingerprint density at radius 1 is 1.34 bits per heavy atom. The molecule has 9 heteroatoms. The largest absolute Gasteiger partial charge is 0.453 e. The van der Waals surface area contributed by atoms with Gasteiger partial charge in [0.1, 0.15) is 5.01 Å². The zero-order valence-corrected chi connectivity index (χ0v) is 16.7. The number of likely N-dealkylation sites (tertiary alicyclic amines) is 1. The highest BCUT2D eigenvalue weighted by Gasteiger charge is 2.27. The molecule has 4 rings (SSSR count). The van der Waals surface area contributed by atoms with Crippen molar-refractivity contribution < 1.29 is 14.3 Å². The second-order valence-corrected chi connectivity index (χ2v) is 7.63. The van der Waals surface area contributed by atoms with E-state index in [-0.39, 0.29) is 23.7 Å². The summed E-state index contributed by atoms with van der Waals surface area (Å²) in [5.41, 5.74) is 2.49. The predicted molar refractivity (Wildman–Crippen MR) is 110 cm³/mol. The van der Waals surface area contributed by atoms with Gasteiger partial charge >= 0.3 is 6.09 Å². The first-order chi connectivity index (χ1) is 14.2. The number of aromatic amines is 1. The lowest BCUT2D eigenvalue weighted by atomic mass is 9.96. The standard InChI is InChI=1S/C20H21N5O3S/c1-28-20(27)25-10-4-5-13(11-25)16-12-29-19(24-16)14-6-2-3-7-15(14)23-18(26)17-21-8-9-22-17/h2-3,6-9,12-13H,4-5,10-11H2,1H3,(H,21,22)(H,23,26)/t13-/m0/s1. The van der Waals surface area contributed by atoms with E-state index in [1.807, 2.05) is 29.6 Å². The molecule has 1 atom stereocenters. The zero-order valence-electron chi connectivity index (χ0n) is 15.9. The number of imidazole rings is 1. The van der Waals surface area contributed by atoms with E-state index >= 15 is 0 Å². The Labute approximate surface area is 171 Å². The van der Waals surface area contributed by atoms with E-state index in [4.69, 9.17) is 9.72 Å². The molecule has 0 aliphatic carbocycles. The van der Waals surface area contributed by atoms with Crippen LogP contribution in [0.5, 0.6) is 0 Å². The van der Waals surface area contributed by atoms with Crippen LogP contribution in [0, 0.1) is 0 Å². The molecule has 0 spiro atoms. The number of ether oxygens (including phenoxy) is 1. The number of para-hydroxylation sites is 1. The number of carbonyl (C=O) groups excluding carboxylic acids is 2. The SMILES string of the molecule is COC(=O)N1CCC[C@H](c2csc(-c3ccccc3NC(=O)c3ncc[nH]3)n2)C1. The van der Waals surface area contributed by atoms with Crippen LogP contribution in [0.3, 0.4) is 0 Å². The van der Waals surface area contributed by atoms with Crippen molar-refractivity contribution >= 4 is 29.0 Å². The van der Waals surface area contributed by atoms with Crippen LogP contribution in [0.2, 0.25) is 0 Å². The van der Waals surface area contributed by atoms with E-state index in [0.717, 1.165) is 29.1 Å².